The van der Waals surface area contributed by atoms with Crippen LogP contribution in [0.4, 0.5) is 0 Å². The number of aromatic amines is 1. The van der Waals surface area contributed by atoms with E-state index in [4.69, 9.17) is 23.2 Å². The largest absolute Gasteiger partial charge is 0.343 e. The average molecular weight is 244 g/mol. The molecule has 0 aliphatic carbocycles. The molecule has 1 N–H and O–H groups in total. The van der Waals surface area contributed by atoms with Crippen LogP contribution in [0, 0.1) is 0 Å². The minimum Gasteiger partial charge on any atom is -0.289 e. The van der Waals surface area contributed by atoms with E-state index >= 15 is 0 Å². The van der Waals surface area contributed by atoms with Gasteiger partial charge in [0.05, 0.1) is 15.6 Å². The molecular weight excluding hydrogens is 237 g/mol. The molecule has 6 heteroatoms. The second kappa shape index (κ2) is 3.72. The number of halogens is 2. The fourth-order valence-corrected chi connectivity index (χ4v) is 1.82. The van der Waals surface area contributed by atoms with Crippen molar-refractivity contribution < 1.29 is 0 Å². The lowest BCUT2D eigenvalue weighted by Gasteiger charge is -2.01. The van der Waals surface area contributed by atoms with Crippen molar-refractivity contribution in [2.24, 2.45) is 7.05 Å². The summed E-state index contributed by atoms with van der Waals surface area (Å²) < 4.78 is 1.19. The molecule has 15 heavy (non-hydrogen) atoms. The summed E-state index contributed by atoms with van der Waals surface area (Å²) in [4.78, 5) is 13.8. The van der Waals surface area contributed by atoms with Gasteiger partial charge in [0.2, 0.25) is 0 Å². The zero-order valence-electron chi connectivity index (χ0n) is 7.79. The molecule has 2 aromatic rings. The summed E-state index contributed by atoms with van der Waals surface area (Å²) in [5.74, 6) is 0.373. The third-order valence-electron chi connectivity index (χ3n) is 1.97. The first kappa shape index (κ1) is 10.3. The van der Waals surface area contributed by atoms with Gasteiger partial charge in [0.1, 0.15) is 0 Å². The van der Waals surface area contributed by atoms with Gasteiger partial charge in [0, 0.05) is 7.05 Å². The van der Waals surface area contributed by atoms with Gasteiger partial charge in [-0.1, -0.05) is 29.3 Å². The smallest absolute Gasteiger partial charge is 0.289 e. The monoisotopic (exact) mass is 243 g/mol. The fourth-order valence-electron chi connectivity index (χ4n) is 1.24. The van der Waals surface area contributed by atoms with Crippen LogP contribution in [0.15, 0.2) is 23.0 Å². The van der Waals surface area contributed by atoms with Crippen molar-refractivity contribution >= 4 is 23.2 Å². The van der Waals surface area contributed by atoms with E-state index in [0.717, 1.165) is 0 Å². The molecule has 0 unspecified atom stereocenters. The van der Waals surface area contributed by atoms with E-state index in [9.17, 15) is 4.79 Å². The highest BCUT2D eigenvalue weighted by atomic mass is 35.5. The molecule has 0 fully saturated rings. The Morgan fingerprint density at radius 2 is 1.93 bits per heavy atom. The summed E-state index contributed by atoms with van der Waals surface area (Å²) >= 11 is 11.9. The van der Waals surface area contributed by atoms with E-state index in [1.807, 2.05) is 0 Å². The number of nitrogens with one attached hydrogen (secondary N) is 1. The first-order chi connectivity index (χ1) is 7.09. The molecule has 0 radical (unpaired) electrons. The molecule has 0 saturated carbocycles. The van der Waals surface area contributed by atoms with Crippen LogP contribution in [0.2, 0.25) is 10.0 Å². The summed E-state index contributed by atoms with van der Waals surface area (Å²) in [5.41, 5.74) is 0.236. The zero-order valence-corrected chi connectivity index (χ0v) is 9.30. The first-order valence-electron chi connectivity index (χ1n) is 4.17. The van der Waals surface area contributed by atoms with E-state index in [1.165, 1.54) is 4.68 Å². The molecule has 1 heterocycles. The Kier molecular flexibility index (Phi) is 2.54. The summed E-state index contributed by atoms with van der Waals surface area (Å²) in [6.45, 7) is 0. The minimum absolute atomic E-state index is 0.305. The SMILES string of the molecule is Cn1nc(-c2c(Cl)cccc2Cl)[nH]c1=O. The van der Waals surface area contributed by atoms with Gasteiger partial charge in [0.15, 0.2) is 5.82 Å². The van der Waals surface area contributed by atoms with Crippen LogP contribution in [0.1, 0.15) is 0 Å². The van der Waals surface area contributed by atoms with E-state index in [2.05, 4.69) is 10.1 Å². The minimum atomic E-state index is -0.305. The summed E-state index contributed by atoms with van der Waals surface area (Å²) in [6, 6.07) is 5.11. The Hall–Kier alpha value is -1.26. The van der Waals surface area contributed by atoms with Crippen molar-refractivity contribution in [3.8, 4) is 11.4 Å². The molecule has 0 amide bonds. The molecule has 2 rings (SSSR count). The Labute approximate surface area is 95.4 Å². The van der Waals surface area contributed by atoms with Crippen LogP contribution < -0.4 is 5.69 Å². The number of hydrogen-bond donors (Lipinski definition) is 1. The highest BCUT2D eigenvalue weighted by molar-refractivity contribution is 6.38. The van der Waals surface area contributed by atoms with Gasteiger partial charge in [-0.15, -0.1) is 5.10 Å². The number of aryl methyl sites for hydroxylation is 1. The lowest BCUT2D eigenvalue weighted by molar-refractivity contribution is 0.736. The van der Waals surface area contributed by atoms with Crippen molar-refractivity contribution in [2.45, 2.75) is 0 Å². The Bertz CT molecular complexity index is 538. The zero-order chi connectivity index (χ0) is 11.0. The molecule has 0 atom stereocenters. The van der Waals surface area contributed by atoms with Crippen LogP contribution in [0.3, 0.4) is 0 Å². The van der Waals surface area contributed by atoms with Crippen LogP contribution in [0.5, 0.6) is 0 Å². The maximum absolute atomic E-state index is 11.2. The van der Waals surface area contributed by atoms with Crippen molar-refractivity contribution in [3.63, 3.8) is 0 Å². The molecule has 0 spiro atoms. The molecule has 1 aromatic carbocycles. The topological polar surface area (TPSA) is 50.7 Å². The van der Waals surface area contributed by atoms with Crippen molar-refractivity contribution in [3.05, 3.63) is 38.7 Å². The number of H-pyrrole nitrogens is 1. The Morgan fingerprint density at radius 3 is 2.40 bits per heavy atom. The standard InChI is InChI=1S/C9H7Cl2N3O/c1-14-9(15)12-8(13-14)7-5(10)3-2-4-6(7)11/h2-4H,1H3,(H,12,13,15). The molecule has 4 nitrogen and oxygen atoms in total. The average Bonchev–Trinajstić information content (AvgIpc) is 2.46. The highest BCUT2D eigenvalue weighted by Crippen LogP contribution is 2.31. The van der Waals surface area contributed by atoms with Gasteiger partial charge in [-0.2, -0.15) is 0 Å². The molecule has 0 aliphatic rings. The maximum atomic E-state index is 11.2. The molecule has 1 aromatic heterocycles. The highest BCUT2D eigenvalue weighted by Gasteiger charge is 2.12. The Morgan fingerprint density at radius 1 is 1.33 bits per heavy atom. The van der Waals surface area contributed by atoms with E-state index in [-0.39, 0.29) is 5.69 Å². The first-order valence-corrected chi connectivity index (χ1v) is 4.93. The van der Waals surface area contributed by atoms with Crippen LogP contribution in [0.25, 0.3) is 11.4 Å². The van der Waals surface area contributed by atoms with Gasteiger partial charge in [0.25, 0.3) is 0 Å². The molecule has 78 valence electrons. The number of rotatable bonds is 1. The predicted molar refractivity (Wildman–Crippen MR) is 59.3 cm³/mol. The van der Waals surface area contributed by atoms with Gasteiger partial charge in [-0.25, -0.2) is 9.48 Å². The van der Waals surface area contributed by atoms with Gasteiger partial charge in [-0.05, 0) is 12.1 Å². The second-order valence-electron chi connectivity index (χ2n) is 3.00. The van der Waals surface area contributed by atoms with Crippen LogP contribution >= 0.6 is 23.2 Å². The van der Waals surface area contributed by atoms with E-state index in [0.29, 0.717) is 21.4 Å². The third kappa shape index (κ3) is 1.78. The Balaban J connectivity index is 2.68. The predicted octanol–water partition coefficient (Wildman–Crippen LogP) is 2.08. The van der Waals surface area contributed by atoms with Crippen molar-refractivity contribution in [1.29, 1.82) is 0 Å². The summed E-state index contributed by atoms with van der Waals surface area (Å²) in [7, 11) is 1.55. The second-order valence-corrected chi connectivity index (χ2v) is 3.81. The number of hydrogen-bond acceptors (Lipinski definition) is 2. The third-order valence-corrected chi connectivity index (χ3v) is 2.60. The van der Waals surface area contributed by atoms with E-state index in [1.54, 1.807) is 25.2 Å². The lowest BCUT2D eigenvalue weighted by Crippen LogP contribution is -2.13. The van der Waals surface area contributed by atoms with E-state index < -0.39 is 0 Å². The lowest BCUT2D eigenvalue weighted by atomic mass is 10.2. The van der Waals surface area contributed by atoms with Crippen molar-refractivity contribution in [1.82, 2.24) is 14.8 Å². The van der Waals surface area contributed by atoms with Crippen LogP contribution in [-0.4, -0.2) is 14.8 Å². The molecule has 0 bridgehead atoms. The summed E-state index contributed by atoms with van der Waals surface area (Å²) in [6.07, 6.45) is 0. The summed E-state index contributed by atoms with van der Waals surface area (Å²) in [5, 5.41) is 4.89. The van der Waals surface area contributed by atoms with Crippen molar-refractivity contribution in [2.75, 3.05) is 0 Å². The molecule has 0 saturated heterocycles. The number of benzene rings is 1. The number of aromatic nitrogens is 3. The number of nitrogens with zero attached hydrogens (tertiary/aromatic N) is 2. The van der Waals surface area contributed by atoms with Gasteiger partial charge >= 0.3 is 5.69 Å². The molecule has 0 aliphatic heterocycles. The van der Waals surface area contributed by atoms with Gasteiger partial charge in [-0.3, -0.25) is 4.98 Å². The normalized spacial score (nSPS) is 10.6. The molecular formula is C9H7Cl2N3O. The fraction of sp³-hybridized carbons (Fsp3) is 0.111. The quantitative estimate of drug-likeness (QED) is 0.834. The maximum Gasteiger partial charge on any atom is 0.343 e. The van der Waals surface area contributed by atoms with Crippen LogP contribution in [-0.2, 0) is 7.05 Å². The van der Waals surface area contributed by atoms with Gasteiger partial charge < -0.3 is 0 Å².